The molecule has 1 unspecified atom stereocenters. The van der Waals surface area contributed by atoms with Gasteiger partial charge >= 0.3 is 0 Å². The summed E-state index contributed by atoms with van der Waals surface area (Å²) in [6.45, 7) is 2.74. The van der Waals surface area contributed by atoms with Gasteiger partial charge in [0.25, 0.3) is 11.7 Å². The number of methoxy groups -OCH3 is 1. The van der Waals surface area contributed by atoms with Crippen molar-refractivity contribution in [2.75, 3.05) is 13.7 Å². The van der Waals surface area contributed by atoms with E-state index in [2.05, 4.69) is 0 Å². The Bertz CT molecular complexity index is 1160. The summed E-state index contributed by atoms with van der Waals surface area (Å²) < 4.78 is 16.4. The lowest BCUT2D eigenvalue weighted by Gasteiger charge is -2.23. The van der Waals surface area contributed by atoms with Crippen molar-refractivity contribution >= 4 is 17.4 Å². The van der Waals surface area contributed by atoms with E-state index < -0.39 is 17.7 Å². The number of ketones is 1. The number of rotatable bonds is 8. The van der Waals surface area contributed by atoms with Crippen LogP contribution in [0, 0.1) is 0 Å². The second-order valence-electron chi connectivity index (χ2n) is 7.67. The van der Waals surface area contributed by atoms with Crippen molar-refractivity contribution in [1.29, 1.82) is 0 Å². The largest absolute Gasteiger partial charge is 0.507 e. The Kier molecular flexibility index (Phi) is 6.49. The van der Waals surface area contributed by atoms with Crippen LogP contribution in [0.1, 0.15) is 36.3 Å². The average molecular weight is 447 g/mol. The third kappa shape index (κ3) is 4.48. The average Bonchev–Trinajstić information content (AvgIpc) is 3.45. The van der Waals surface area contributed by atoms with E-state index in [4.69, 9.17) is 13.9 Å². The number of Topliss-reactive ketones (excluding diaryl/α,β-unsaturated/α-hetero) is 1. The smallest absolute Gasteiger partial charge is 0.296 e. The molecule has 1 N–H and O–H groups in total. The summed E-state index contributed by atoms with van der Waals surface area (Å²) in [7, 11) is 1.56. The lowest BCUT2D eigenvalue weighted by Crippen LogP contribution is -2.29. The molecule has 0 aliphatic carbocycles. The van der Waals surface area contributed by atoms with Gasteiger partial charge in [-0.05, 0) is 60.5 Å². The van der Waals surface area contributed by atoms with E-state index in [9.17, 15) is 14.7 Å². The summed E-state index contributed by atoms with van der Waals surface area (Å²) in [6, 6.07) is 16.5. The first-order chi connectivity index (χ1) is 16.0. The number of amides is 1. The highest BCUT2D eigenvalue weighted by molar-refractivity contribution is 6.46. The molecule has 1 fully saturated rings. The summed E-state index contributed by atoms with van der Waals surface area (Å²) in [6.07, 6.45) is 2.35. The van der Waals surface area contributed by atoms with Gasteiger partial charge in [0.2, 0.25) is 0 Å². The van der Waals surface area contributed by atoms with Gasteiger partial charge in [0, 0.05) is 12.1 Å². The predicted molar refractivity (Wildman–Crippen MR) is 122 cm³/mol. The topological polar surface area (TPSA) is 89.2 Å². The first-order valence-corrected chi connectivity index (χ1v) is 10.7. The summed E-state index contributed by atoms with van der Waals surface area (Å²) in [5, 5.41) is 11.1. The van der Waals surface area contributed by atoms with Crippen molar-refractivity contribution in [3.63, 3.8) is 0 Å². The molecule has 4 rings (SSSR count). The zero-order chi connectivity index (χ0) is 23.4. The number of benzene rings is 2. The van der Waals surface area contributed by atoms with E-state index >= 15 is 0 Å². The van der Waals surface area contributed by atoms with Gasteiger partial charge in [0.05, 0.1) is 25.6 Å². The van der Waals surface area contributed by atoms with Gasteiger partial charge < -0.3 is 23.9 Å². The van der Waals surface area contributed by atoms with Crippen LogP contribution >= 0.6 is 0 Å². The minimum Gasteiger partial charge on any atom is -0.507 e. The molecule has 33 heavy (non-hydrogen) atoms. The van der Waals surface area contributed by atoms with Crippen LogP contribution in [0.2, 0.25) is 0 Å². The molecule has 0 radical (unpaired) electrons. The Hall–Kier alpha value is -4.00. The van der Waals surface area contributed by atoms with Gasteiger partial charge in [0.1, 0.15) is 29.1 Å². The SMILES string of the molecule is CCCOc1ccc(/C(O)=C2/C(=O)C(=O)N(Cc3cccc(OC)c3)C2c2ccco2)cc1. The molecule has 0 bridgehead atoms. The Morgan fingerprint density at radius 3 is 2.52 bits per heavy atom. The van der Waals surface area contributed by atoms with Crippen LogP contribution in [0.5, 0.6) is 11.5 Å². The van der Waals surface area contributed by atoms with Crippen LogP contribution in [-0.2, 0) is 16.1 Å². The van der Waals surface area contributed by atoms with Gasteiger partial charge in [-0.1, -0.05) is 19.1 Å². The zero-order valence-electron chi connectivity index (χ0n) is 18.5. The van der Waals surface area contributed by atoms with Gasteiger partial charge in [-0.2, -0.15) is 0 Å². The first kappa shape index (κ1) is 22.2. The lowest BCUT2D eigenvalue weighted by atomic mass is 9.99. The standard InChI is InChI=1S/C26H25NO6/c1-3-13-32-19-11-9-18(10-12-19)24(28)22-23(21-8-5-14-33-21)27(26(30)25(22)29)16-17-6-4-7-20(15-17)31-2/h4-12,14-15,23,28H,3,13,16H2,1-2H3/b24-22-. The summed E-state index contributed by atoms with van der Waals surface area (Å²) >= 11 is 0. The minimum absolute atomic E-state index is 0.0138. The highest BCUT2D eigenvalue weighted by atomic mass is 16.5. The maximum atomic E-state index is 13.1. The number of carbonyl (C=O) groups excluding carboxylic acids is 2. The number of hydrogen-bond acceptors (Lipinski definition) is 6. The predicted octanol–water partition coefficient (Wildman–Crippen LogP) is 4.70. The van der Waals surface area contributed by atoms with Gasteiger partial charge in [-0.3, -0.25) is 9.59 Å². The number of ether oxygens (including phenoxy) is 2. The van der Waals surface area contributed by atoms with Crippen molar-refractivity contribution in [3.8, 4) is 11.5 Å². The molecule has 0 spiro atoms. The molecule has 1 atom stereocenters. The zero-order valence-corrected chi connectivity index (χ0v) is 18.5. The summed E-state index contributed by atoms with van der Waals surface area (Å²) in [5.74, 6) is -0.0308. The first-order valence-electron chi connectivity index (χ1n) is 10.7. The fourth-order valence-electron chi connectivity index (χ4n) is 3.84. The third-order valence-electron chi connectivity index (χ3n) is 5.44. The second-order valence-corrected chi connectivity index (χ2v) is 7.67. The number of nitrogens with zero attached hydrogens (tertiary/aromatic N) is 1. The lowest BCUT2D eigenvalue weighted by molar-refractivity contribution is -0.140. The van der Waals surface area contributed by atoms with E-state index in [1.54, 1.807) is 55.6 Å². The molecule has 7 heteroatoms. The minimum atomic E-state index is -0.859. The van der Waals surface area contributed by atoms with E-state index in [0.29, 0.717) is 29.4 Å². The molecular formula is C26H25NO6. The number of likely N-dealkylation sites (tertiary alicyclic amines) is 1. The second kappa shape index (κ2) is 9.65. The molecular weight excluding hydrogens is 422 g/mol. The Labute approximate surface area is 191 Å². The van der Waals surface area contributed by atoms with Crippen LogP contribution < -0.4 is 9.47 Å². The van der Waals surface area contributed by atoms with Crippen LogP contribution in [-0.4, -0.2) is 35.4 Å². The number of aliphatic hydroxyl groups is 1. The number of hydrogen-bond donors (Lipinski definition) is 1. The molecule has 1 amide bonds. The third-order valence-corrected chi connectivity index (χ3v) is 5.44. The molecule has 2 heterocycles. The molecule has 170 valence electrons. The van der Waals surface area contributed by atoms with E-state index in [-0.39, 0.29) is 17.9 Å². The van der Waals surface area contributed by atoms with Gasteiger partial charge in [-0.25, -0.2) is 0 Å². The van der Waals surface area contributed by atoms with Crippen LogP contribution in [0.25, 0.3) is 5.76 Å². The normalized spacial score (nSPS) is 17.4. The molecule has 3 aromatic rings. The van der Waals surface area contributed by atoms with Crippen LogP contribution in [0.4, 0.5) is 0 Å². The van der Waals surface area contributed by atoms with Crippen molar-refractivity contribution in [2.24, 2.45) is 0 Å². The molecule has 7 nitrogen and oxygen atoms in total. The van der Waals surface area contributed by atoms with Crippen molar-refractivity contribution in [2.45, 2.75) is 25.9 Å². The molecule has 1 aliphatic heterocycles. The van der Waals surface area contributed by atoms with Crippen molar-refractivity contribution in [1.82, 2.24) is 4.90 Å². The van der Waals surface area contributed by atoms with Crippen molar-refractivity contribution < 1.29 is 28.6 Å². The number of carbonyl (C=O) groups is 2. The molecule has 2 aromatic carbocycles. The molecule has 0 saturated carbocycles. The van der Waals surface area contributed by atoms with E-state index in [1.165, 1.54) is 11.2 Å². The Balaban J connectivity index is 1.73. The summed E-state index contributed by atoms with van der Waals surface area (Å²) in [5.41, 5.74) is 1.18. The highest BCUT2D eigenvalue weighted by Crippen LogP contribution is 2.40. The van der Waals surface area contributed by atoms with E-state index in [1.807, 2.05) is 19.1 Å². The fraction of sp³-hybridized carbons (Fsp3) is 0.231. The van der Waals surface area contributed by atoms with Gasteiger partial charge in [0.15, 0.2) is 0 Å². The monoisotopic (exact) mass is 447 g/mol. The summed E-state index contributed by atoms with van der Waals surface area (Å²) in [4.78, 5) is 27.5. The van der Waals surface area contributed by atoms with Crippen LogP contribution in [0.3, 0.4) is 0 Å². The van der Waals surface area contributed by atoms with E-state index in [0.717, 1.165) is 12.0 Å². The number of furan rings is 1. The highest BCUT2D eigenvalue weighted by Gasteiger charge is 2.47. The maximum Gasteiger partial charge on any atom is 0.296 e. The fourth-order valence-corrected chi connectivity index (χ4v) is 3.84. The Morgan fingerprint density at radius 2 is 1.85 bits per heavy atom. The molecule has 1 aromatic heterocycles. The molecule has 1 aliphatic rings. The maximum absolute atomic E-state index is 13.1. The molecule has 1 saturated heterocycles. The van der Waals surface area contributed by atoms with Gasteiger partial charge in [-0.15, -0.1) is 0 Å². The Morgan fingerprint density at radius 1 is 1.06 bits per heavy atom. The van der Waals surface area contributed by atoms with Crippen LogP contribution in [0.15, 0.2) is 76.9 Å². The van der Waals surface area contributed by atoms with Crippen molar-refractivity contribution in [3.05, 3.63) is 89.4 Å². The number of aliphatic hydroxyl groups excluding tert-OH is 1. The quantitative estimate of drug-likeness (QED) is 0.306.